The molecule has 2 aromatic carbocycles. The topological polar surface area (TPSA) is 59.4 Å². The third-order valence-electron chi connectivity index (χ3n) is 6.03. The number of halogens is 4. The number of hydrogen-bond donors (Lipinski definition) is 1. The van der Waals surface area contributed by atoms with E-state index in [1.54, 1.807) is 30.3 Å². The van der Waals surface area contributed by atoms with E-state index in [4.69, 9.17) is 56.1 Å². The van der Waals surface area contributed by atoms with Gasteiger partial charge in [-0.1, -0.05) is 59.4 Å². The van der Waals surface area contributed by atoms with Crippen LogP contribution in [0.1, 0.15) is 30.8 Å². The van der Waals surface area contributed by atoms with Gasteiger partial charge in [-0.05, 0) is 36.2 Å². The molecule has 1 saturated heterocycles. The third kappa shape index (κ3) is 5.64. The monoisotopic (exact) mass is 542 g/mol. The molecule has 0 saturated carbocycles. The van der Waals surface area contributed by atoms with E-state index in [0.717, 1.165) is 43.9 Å². The molecule has 1 unspecified atom stereocenters. The Hall–Kier alpha value is -1.54. The lowest BCUT2D eigenvalue weighted by molar-refractivity contribution is -0.124. The molecule has 0 spiro atoms. The predicted molar refractivity (Wildman–Crippen MR) is 139 cm³/mol. The molecule has 2 heterocycles. The molecule has 1 fully saturated rings. The highest BCUT2D eigenvalue weighted by Crippen LogP contribution is 2.33. The van der Waals surface area contributed by atoms with Crippen molar-refractivity contribution in [3.8, 4) is 0 Å². The van der Waals surface area contributed by atoms with Gasteiger partial charge < -0.3 is 14.6 Å². The van der Waals surface area contributed by atoms with E-state index < -0.39 is 6.04 Å². The molecule has 1 aliphatic heterocycles. The van der Waals surface area contributed by atoms with Crippen LogP contribution in [0, 0.1) is 0 Å². The van der Waals surface area contributed by atoms with Gasteiger partial charge in [0, 0.05) is 42.6 Å². The molecule has 3 aromatic rings. The molecule has 10 heteroatoms. The van der Waals surface area contributed by atoms with Crippen LogP contribution in [0.2, 0.25) is 20.1 Å². The Morgan fingerprint density at radius 3 is 2.44 bits per heavy atom. The number of amides is 1. The third-order valence-corrected chi connectivity index (χ3v) is 7.46. The van der Waals surface area contributed by atoms with Crippen LogP contribution in [0.15, 0.2) is 30.3 Å². The molecule has 1 N–H and O–H groups in total. The van der Waals surface area contributed by atoms with E-state index in [1.807, 2.05) is 11.5 Å². The zero-order valence-electron chi connectivity index (χ0n) is 18.8. The molecule has 0 radical (unpaired) electrons. The van der Waals surface area contributed by atoms with Crippen molar-refractivity contribution < 1.29 is 9.53 Å². The van der Waals surface area contributed by atoms with Crippen molar-refractivity contribution in [2.75, 3.05) is 39.4 Å². The first-order valence-corrected chi connectivity index (χ1v) is 12.8. The minimum absolute atomic E-state index is 0.0763. The van der Waals surface area contributed by atoms with Gasteiger partial charge in [0.2, 0.25) is 5.91 Å². The Kier molecular flexibility index (Phi) is 8.61. The highest BCUT2D eigenvalue weighted by Gasteiger charge is 2.26. The minimum Gasteiger partial charge on any atom is -0.379 e. The van der Waals surface area contributed by atoms with E-state index in [9.17, 15) is 4.79 Å². The minimum atomic E-state index is -0.483. The number of nitrogens with zero attached hydrogens (tertiary/aromatic N) is 3. The second-order valence-corrected chi connectivity index (χ2v) is 9.83. The molecule has 1 amide bonds. The SMILES string of the molecule is CCC(C(=O)NCCN1CCOCC1)n1c(Cc2c(Cl)cccc2Cl)nc2cc(Cl)c(Cl)cc21. The van der Waals surface area contributed by atoms with Crippen molar-refractivity contribution in [2.24, 2.45) is 0 Å². The van der Waals surface area contributed by atoms with E-state index in [2.05, 4.69) is 10.2 Å². The Morgan fingerprint density at radius 2 is 1.76 bits per heavy atom. The Bertz CT molecular complexity index is 1160. The molecule has 6 nitrogen and oxygen atoms in total. The molecule has 0 bridgehead atoms. The zero-order chi connectivity index (χ0) is 24.2. The van der Waals surface area contributed by atoms with E-state index in [1.165, 1.54) is 0 Å². The Labute approximate surface area is 219 Å². The highest BCUT2D eigenvalue weighted by molar-refractivity contribution is 6.42. The average molecular weight is 544 g/mol. The molecule has 0 aliphatic carbocycles. The van der Waals surface area contributed by atoms with Crippen LogP contribution in [-0.4, -0.2) is 59.8 Å². The number of imidazole rings is 1. The van der Waals surface area contributed by atoms with Crippen molar-refractivity contribution in [1.29, 1.82) is 0 Å². The maximum atomic E-state index is 13.3. The number of nitrogens with one attached hydrogen (secondary N) is 1. The fraction of sp³-hybridized carbons (Fsp3) is 0.417. The van der Waals surface area contributed by atoms with Gasteiger partial charge in [-0.3, -0.25) is 9.69 Å². The first kappa shape index (κ1) is 25.5. The van der Waals surface area contributed by atoms with Crippen LogP contribution in [0.5, 0.6) is 0 Å². The molecule has 182 valence electrons. The standard InChI is InChI=1S/C24H26Cl4N4O2/c1-2-21(24(33)29-6-7-31-8-10-34-11-9-31)32-22-14-19(28)18(27)13-20(22)30-23(32)12-15-16(25)4-3-5-17(15)26/h3-5,13-14,21H,2,6-12H2,1H3,(H,29,33). The highest BCUT2D eigenvalue weighted by atomic mass is 35.5. The summed E-state index contributed by atoms with van der Waals surface area (Å²) in [6.45, 7) is 6.51. The van der Waals surface area contributed by atoms with E-state index in [-0.39, 0.29) is 5.91 Å². The predicted octanol–water partition coefficient (Wildman–Crippen LogP) is 5.64. The van der Waals surface area contributed by atoms with Gasteiger partial charge in [0.1, 0.15) is 11.9 Å². The Balaban J connectivity index is 1.65. The van der Waals surface area contributed by atoms with Crippen molar-refractivity contribution in [1.82, 2.24) is 19.8 Å². The number of carbonyl (C=O) groups is 1. The van der Waals surface area contributed by atoms with Crippen molar-refractivity contribution in [3.05, 3.63) is 61.8 Å². The van der Waals surface area contributed by atoms with Crippen LogP contribution in [-0.2, 0) is 16.0 Å². The van der Waals surface area contributed by atoms with Gasteiger partial charge >= 0.3 is 0 Å². The van der Waals surface area contributed by atoms with Gasteiger partial charge in [0.15, 0.2) is 0 Å². The number of ether oxygens (including phenoxy) is 1. The van der Waals surface area contributed by atoms with Crippen LogP contribution in [0.4, 0.5) is 0 Å². The van der Waals surface area contributed by atoms with Crippen LogP contribution in [0.25, 0.3) is 11.0 Å². The summed E-state index contributed by atoms with van der Waals surface area (Å²) in [6, 6.07) is 8.37. The number of rotatable bonds is 8. The van der Waals surface area contributed by atoms with Crippen LogP contribution < -0.4 is 5.32 Å². The summed E-state index contributed by atoms with van der Waals surface area (Å²) in [7, 11) is 0. The largest absolute Gasteiger partial charge is 0.379 e. The van der Waals surface area contributed by atoms with E-state index >= 15 is 0 Å². The molecule has 4 rings (SSSR count). The summed E-state index contributed by atoms with van der Waals surface area (Å²) in [5.74, 6) is 0.589. The van der Waals surface area contributed by atoms with Gasteiger partial charge in [-0.2, -0.15) is 0 Å². The Morgan fingerprint density at radius 1 is 1.09 bits per heavy atom. The lowest BCUT2D eigenvalue weighted by Crippen LogP contribution is -2.42. The summed E-state index contributed by atoms with van der Waals surface area (Å²) in [4.78, 5) is 20.4. The number of hydrogen-bond acceptors (Lipinski definition) is 4. The average Bonchev–Trinajstić information content (AvgIpc) is 3.14. The fourth-order valence-electron chi connectivity index (χ4n) is 4.24. The smallest absolute Gasteiger partial charge is 0.243 e. The quantitative estimate of drug-likeness (QED) is 0.399. The first-order chi connectivity index (χ1) is 16.4. The zero-order valence-corrected chi connectivity index (χ0v) is 21.8. The van der Waals surface area contributed by atoms with Gasteiger partial charge in [-0.25, -0.2) is 4.98 Å². The number of carbonyl (C=O) groups excluding carboxylic acids is 1. The van der Waals surface area contributed by atoms with Gasteiger partial charge in [-0.15, -0.1) is 0 Å². The van der Waals surface area contributed by atoms with E-state index in [0.29, 0.717) is 50.8 Å². The lowest BCUT2D eigenvalue weighted by Gasteiger charge is -2.27. The van der Waals surface area contributed by atoms with Crippen molar-refractivity contribution in [2.45, 2.75) is 25.8 Å². The normalized spacial score (nSPS) is 15.6. The molecular formula is C24H26Cl4N4O2. The molecular weight excluding hydrogens is 518 g/mol. The molecule has 1 aromatic heterocycles. The maximum absolute atomic E-state index is 13.3. The second kappa shape index (κ2) is 11.5. The molecule has 1 atom stereocenters. The fourth-order valence-corrected chi connectivity index (χ4v) is 5.08. The summed E-state index contributed by atoms with van der Waals surface area (Å²) >= 11 is 25.5. The summed E-state index contributed by atoms with van der Waals surface area (Å²) in [5, 5.41) is 5.00. The number of aromatic nitrogens is 2. The van der Waals surface area contributed by atoms with Gasteiger partial charge in [0.05, 0.1) is 34.3 Å². The lowest BCUT2D eigenvalue weighted by atomic mass is 10.1. The number of morpholine rings is 1. The number of benzene rings is 2. The summed E-state index contributed by atoms with van der Waals surface area (Å²) in [6.07, 6.45) is 0.929. The van der Waals surface area contributed by atoms with Gasteiger partial charge in [0.25, 0.3) is 0 Å². The van der Waals surface area contributed by atoms with Crippen LogP contribution in [0.3, 0.4) is 0 Å². The van der Waals surface area contributed by atoms with Crippen molar-refractivity contribution >= 4 is 63.3 Å². The first-order valence-electron chi connectivity index (χ1n) is 11.3. The second-order valence-electron chi connectivity index (χ2n) is 8.20. The maximum Gasteiger partial charge on any atom is 0.243 e. The summed E-state index contributed by atoms with van der Waals surface area (Å²) in [5.41, 5.74) is 2.15. The molecule has 1 aliphatic rings. The molecule has 34 heavy (non-hydrogen) atoms. The summed E-state index contributed by atoms with van der Waals surface area (Å²) < 4.78 is 7.32. The van der Waals surface area contributed by atoms with Crippen molar-refractivity contribution in [3.63, 3.8) is 0 Å². The number of fused-ring (bicyclic) bond motifs is 1. The van der Waals surface area contributed by atoms with Crippen LogP contribution >= 0.6 is 46.4 Å².